The molecule has 1 saturated heterocycles. The summed E-state index contributed by atoms with van der Waals surface area (Å²) in [6.07, 6.45) is 3.49. The third kappa shape index (κ3) is 2.76. The van der Waals surface area contributed by atoms with Crippen LogP contribution in [0.25, 0.3) is 0 Å². The molecule has 0 aliphatic carbocycles. The number of nitriles is 1. The minimum Gasteiger partial charge on any atom is -0.381 e. The van der Waals surface area contributed by atoms with Gasteiger partial charge in [-0.3, -0.25) is 5.32 Å². The third-order valence-electron chi connectivity index (χ3n) is 1.70. The van der Waals surface area contributed by atoms with Crippen molar-refractivity contribution in [3.63, 3.8) is 0 Å². The fourth-order valence-corrected chi connectivity index (χ4v) is 1.10. The Labute approximate surface area is 71.2 Å². The first-order valence-electron chi connectivity index (χ1n) is 3.89. The minimum atomic E-state index is 0.199. The van der Waals surface area contributed by atoms with Crippen LogP contribution >= 0.6 is 0 Å². The summed E-state index contributed by atoms with van der Waals surface area (Å²) in [6, 6.07) is 0.208. The molecule has 0 radical (unpaired) electrons. The Morgan fingerprint density at radius 1 is 1.58 bits per heavy atom. The lowest BCUT2D eigenvalue weighted by Gasteiger charge is -2.18. The summed E-state index contributed by atoms with van der Waals surface area (Å²) in [7, 11) is 0. The van der Waals surface area contributed by atoms with Gasteiger partial charge in [-0.05, 0) is 12.8 Å². The van der Waals surface area contributed by atoms with Crippen LogP contribution in [0.5, 0.6) is 0 Å². The lowest BCUT2D eigenvalue weighted by molar-refractivity contribution is 0.0870. The Morgan fingerprint density at radius 2 is 2.25 bits per heavy atom. The molecule has 5 nitrogen and oxygen atoms in total. The van der Waals surface area contributed by atoms with Gasteiger partial charge in [-0.1, -0.05) is 0 Å². The molecule has 0 aromatic carbocycles. The molecule has 0 atom stereocenters. The van der Waals surface area contributed by atoms with E-state index in [1.165, 1.54) is 0 Å². The van der Waals surface area contributed by atoms with Gasteiger partial charge in [-0.2, -0.15) is 5.26 Å². The zero-order valence-corrected chi connectivity index (χ0v) is 6.79. The Morgan fingerprint density at radius 3 is 2.83 bits per heavy atom. The van der Waals surface area contributed by atoms with Crippen LogP contribution in [-0.2, 0) is 4.74 Å². The summed E-state index contributed by atoms with van der Waals surface area (Å²) in [6.45, 7) is 1.46. The fourth-order valence-electron chi connectivity index (χ4n) is 1.10. The van der Waals surface area contributed by atoms with Crippen molar-refractivity contribution in [2.75, 3.05) is 13.2 Å². The van der Waals surface area contributed by atoms with Gasteiger partial charge in [0, 0.05) is 13.2 Å². The van der Waals surface area contributed by atoms with Gasteiger partial charge in [-0.15, -0.1) is 0 Å². The zero-order chi connectivity index (χ0) is 8.81. The first-order valence-corrected chi connectivity index (χ1v) is 3.89. The standard InChI is InChI=1S/C7H12N4O/c8-5-10-7(9)11-6-1-3-12-4-2-6/h6H,1-4H2,(H3,9,10,11). The van der Waals surface area contributed by atoms with E-state index >= 15 is 0 Å². The highest BCUT2D eigenvalue weighted by atomic mass is 16.5. The second-order valence-corrected chi connectivity index (χ2v) is 2.59. The number of rotatable bonds is 1. The first-order chi connectivity index (χ1) is 5.83. The maximum absolute atomic E-state index is 8.22. The molecular weight excluding hydrogens is 156 g/mol. The predicted molar refractivity (Wildman–Crippen MR) is 44.2 cm³/mol. The van der Waals surface area contributed by atoms with Gasteiger partial charge in [-0.25, -0.2) is 4.99 Å². The van der Waals surface area contributed by atoms with E-state index in [0.29, 0.717) is 0 Å². The number of aliphatic imine (C=N–C) groups is 1. The van der Waals surface area contributed by atoms with Crippen molar-refractivity contribution < 1.29 is 4.74 Å². The molecule has 0 spiro atoms. The summed E-state index contributed by atoms with van der Waals surface area (Å²) < 4.78 is 5.15. The summed E-state index contributed by atoms with van der Waals surface area (Å²) >= 11 is 0. The number of nitrogens with one attached hydrogen (secondary N) is 1. The Hall–Kier alpha value is -1.28. The summed E-state index contributed by atoms with van der Waals surface area (Å²) in [5.41, 5.74) is 5.39. The smallest absolute Gasteiger partial charge is 0.202 e. The SMILES string of the molecule is N#CNC(N)=NC1CCOCC1. The topological polar surface area (TPSA) is 83.4 Å². The molecule has 0 saturated carbocycles. The molecular formula is C7H12N4O. The molecule has 66 valence electrons. The number of nitrogens with zero attached hydrogens (tertiary/aromatic N) is 2. The number of nitrogens with two attached hydrogens (primary N) is 1. The van der Waals surface area contributed by atoms with Crippen molar-refractivity contribution in [3.8, 4) is 6.19 Å². The summed E-state index contributed by atoms with van der Waals surface area (Å²) in [4.78, 5) is 4.11. The highest BCUT2D eigenvalue weighted by Gasteiger charge is 2.12. The van der Waals surface area contributed by atoms with Crippen molar-refractivity contribution in [1.82, 2.24) is 5.32 Å². The number of ether oxygens (including phenoxy) is 1. The van der Waals surface area contributed by atoms with Crippen LogP contribution in [0.3, 0.4) is 0 Å². The average molecular weight is 168 g/mol. The Balaban J connectivity index is 2.37. The number of hydrogen-bond donors (Lipinski definition) is 2. The molecule has 1 aliphatic rings. The molecule has 12 heavy (non-hydrogen) atoms. The third-order valence-corrected chi connectivity index (χ3v) is 1.70. The van der Waals surface area contributed by atoms with Gasteiger partial charge in [0.25, 0.3) is 0 Å². The molecule has 0 amide bonds. The van der Waals surface area contributed by atoms with Crippen molar-refractivity contribution in [2.24, 2.45) is 10.7 Å². The van der Waals surface area contributed by atoms with E-state index < -0.39 is 0 Å². The van der Waals surface area contributed by atoms with E-state index in [9.17, 15) is 0 Å². The molecule has 1 heterocycles. The first kappa shape index (κ1) is 8.81. The molecule has 0 bridgehead atoms. The van der Waals surface area contributed by atoms with E-state index in [4.69, 9.17) is 15.7 Å². The second kappa shape index (κ2) is 4.57. The molecule has 1 aliphatic heterocycles. The lowest BCUT2D eigenvalue weighted by atomic mass is 10.1. The minimum absolute atomic E-state index is 0.199. The zero-order valence-electron chi connectivity index (χ0n) is 6.79. The van der Waals surface area contributed by atoms with Crippen molar-refractivity contribution in [2.45, 2.75) is 18.9 Å². The maximum Gasteiger partial charge on any atom is 0.202 e. The quantitative estimate of drug-likeness (QED) is 0.240. The second-order valence-electron chi connectivity index (χ2n) is 2.59. The van der Waals surface area contributed by atoms with Gasteiger partial charge in [0.2, 0.25) is 5.96 Å². The molecule has 5 heteroatoms. The van der Waals surface area contributed by atoms with Crippen LogP contribution in [-0.4, -0.2) is 25.2 Å². The summed E-state index contributed by atoms with van der Waals surface area (Å²) in [5, 5.41) is 10.5. The molecule has 0 unspecified atom stereocenters. The Bertz CT molecular complexity index is 202. The largest absolute Gasteiger partial charge is 0.381 e. The van der Waals surface area contributed by atoms with Gasteiger partial charge >= 0.3 is 0 Å². The number of guanidine groups is 1. The van der Waals surface area contributed by atoms with E-state index in [0.717, 1.165) is 26.1 Å². The van der Waals surface area contributed by atoms with Gasteiger partial charge in [0.1, 0.15) is 0 Å². The van der Waals surface area contributed by atoms with E-state index in [-0.39, 0.29) is 12.0 Å². The van der Waals surface area contributed by atoms with E-state index in [1.807, 2.05) is 0 Å². The average Bonchev–Trinajstić information content (AvgIpc) is 2.06. The van der Waals surface area contributed by atoms with Gasteiger partial charge in [0.05, 0.1) is 6.04 Å². The summed E-state index contributed by atoms with van der Waals surface area (Å²) in [5.74, 6) is 0.199. The Kier molecular flexibility index (Phi) is 3.35. The molecule has 0 aromatic rings. The monoisotopic (exact) mass is 168 g/mol. The highest BCUT2D eigenvalue weighted by Crippen LogP contribution is 2.09. The van der Waals surface area contributed by atoms with Crippen LogP contribution in [0, 0.1) is 11.5 Å². The van der Waals surface area contributed by atoms with Crippen LogP contribution in [0.4, 0.5) is 0 Å². The van der Waals surface area contributed by atoms with Crippen molar-refractivity contribution >= 4 is 5.96 Å². The number of hydrogen-bond acceptors (Lipinski definition) is 3. The van der Waals surface area contributed by atoms with Gasteiger partial charge in [0.15, 0.2) is 6.19 Å². The maximum atomic E-state index is 8.22. The van der Waals surface area contributed by atoms with Crippen molar-refractivity contribution in [1.29, 1.82) is 5.26 Å². The molecule has 3 N–H and O–H groups in total. The molecule has 0 aromatic heterocycles. The normalized spacial score (nSPS) is 20.1. The van der Waals surface area contributed by atoms with Crippen LogP contribution < -0.4 is 11.1 Å². The van der Waals surface area contributed by atoms with Crippen LogP contribution in [0.15, 0.2) is 4.99 Å². The van der Waals surface area contributed by atoms with Crippen LogP contribution in [0.2, 0.25) is 0 Å². The highest BCUT2D eigenvalue weighted by molar-refractivity contribution is 5.79. The fraction of sp³-hybridized carbons (Fsp3) is 0.714. The van der Waals surface area contributed by atoms with E-state index in [1.54, 1.807) is 6.19 Å². The molecule has 1 rings (SSSR count). The van der Waals surface area contributed by atoms with Crippen LogP contribution in [0.1, 0.15) is 12.8 Å². The van der Waals surface area contributed by atoms with Crippen molar-refractivity contribution in [3.05, 3.63) is 0 Å². The molecule has 1 fully saturated rings. The van der Waals surface area contributed by atoms with Gasteiger partial charge < -0.3 is 10.5 Å². The lowest BCUT2D eigenvalue weighted by Crippen LogP contribution is -2.31. The van der Waals surface area contributed by atoms with E-state index in [2.05, 4.69) is 10.3 Å². The predicted octanol–water partition coefficient (Wildman–Crippen LogP) is -0.449.